The Kier molecular flexibility index (Phi) is 5.92. The second kappa shape index (κ2) is 8.35. The predicted molar refractivity (Wildman–Crippen MR) is 94.5 cm³/mol. The van der Waals surface area contributed by atoms with E-state index in [0.29, 0.717) is 10.7 Å². The van der Waals surface area contributed by atoms with Gasteiger partial charge in [0.05, 0.1) is 6.61 Å². The van der Waals surface area contributed by atoms with Gasteiger partial charge in [-0.1, -0.05) is 28.8 Å². The second-order valence-electron chi connectivity index (χ2n) is 5.12. The lowest BCUT2D eigenvalue weighted by atomic mass is 10.2. The number of hydrogen-bond acceptors (Lipinski definition) is 7. The van der Waals surface area contributed by atoms with Crippen molar-refractivity contribution in [3.8, 4) is 5.88 Å². The fourth-order valence-electron chi connectivity index (χ4n) is 2.17. The zero-order valence-electron chi connectivity index (χ0n) is 13.8. The lowest BCUT2D eigenvalue weighted by molar-refractivity contribution is -0.145. The predicted octanol–water partition coefficient (Wildman–Crippen LogP) is 2.03. The van der Waals surface area contributed by atoms with Gasteiger partial charge in [0.2, 0.25) is 5.65 Å². The Morgan fingerprint density at radius 1 is 1.31 bits per heavy atom. The minimum Gasteiger partial charge on any atom is -0.609 e. The van der Waals surface area contributed by atoms with Crippen LogP contribution < -0.4 is 4.74 Å². The highest BCUT2D eigenvalue weighted by molar-refractivity contribution is 7.90. The Bertz CT molecular complexity index is 903. The topological polar surface area (TPSA) is 102 Å². The summed E-state index contributed by atoms with van der Waals surface area (Å²) in [5.41, 5.74) is 1.18. The zero-order chi connectivity index (χ0) is 18.5. The molecule has 2 aromatic heterocycles. The van der Waals surface area contributed by atoms with Gasteiger partial charge in [0, 0.05) is 34.2 Å². The van der Waals surface area contributed by atoms with E-state index in [1.165, 1.54) is 10.6 Å². The highest BCUT2D eigenvalue weighted by Gasteiger charge is 2.22. The standard InChI is InChI=1S/C16H15ClN4O4S/c1-2-24-13(22)9-25-15-14-18-7-8-21(14)16(20-19-15)26(23)10-11-3-5-12(17)6-4-11/h3-8H,2,9-10H2,1H3. The van der Waals surface area contributed by atoms with Crippen molar-refractivity contribution in [1.82, 2.24) is 19.6 Å². The van der Waals surface area contributed by atoms with Crippen LogP contribution in [0.4, 0.5) is 0 Å². The summed E-state index contributed by atoms with van der Waals surface area (Å²) in [6, 6.07) is 7.07. The van der Waals surface area contributed by atoms with E-state index in [4.69, 9.17) is 21.1 Å². The first-order valence-corrected chi connectivity index (χ1v) is 9.39. The summed E-state index contributed by atoms with van der Waals surface area (Å²) in [4.78, 5) is 15.5. The van der Waals surface area contributed by atoms with E-state index in [-0.39, 0.29) is 30.0 Å². The van der Waals surface area contributed by atoms with Gasteiger partial charge < -0.3 is 14.0 Å². The number of esters is 1. The number of ether oxygens (including phenoxy) is 2. The SMILES string of the molecule is CCOC(=O)COc1nnc([S+]([O-])Cc2ccc(Cl)cc2)n2ccnc12. The molecule has 0 radical (unpaired) electrons. The van der Waals surface area contributed by atoms with Crippen molar-refractivity contribution in [2.45, 2.75) is 17.8 Å². The van der Waals surface area contributed by atoms with Gasteiger partial charge in [0.25, 0.3) is 5.88 Å². The Labute approximate surface area is 157 Å². The molecule has 10 heteroatoms. The molecule has 8 nitrogen and oxygen atoms in total. The minimum absolute atomic E-state index is 0.0651. The summed E-state index contributed by atoms with van der Waals surface area (Å²) in [5, 5.41) is 8.74. The largest absolute Gasteiger partial charge is 0.609 e. The van der Waals surface area contributed by atoms with E-state index in [1.807, 2.05) is 0 Å². The van der Waals surface area contributed by atoms with E-state index in [9.17, 15) is 9.35 Å². The third-order valence-electron chi connectivity index (χ3n) is 3.31. The Morgan fingerprint density at radius 2 is 2.08 bits per heavy atom. The summed E-state index contributed by atoms with van der Waals surface area (Å²) < 4.78 is 24.3. The average Bonchev–Trinajstić information content (AvgIpc) is 3.11. The maximum Gasteiger partial charge on any atom is 0.348 e. The molecular weight excluding hydrogens is 380 g/mol. The van der Waals surface area contributed by atoms with Gasteiger partial charge in [0.15, 0.2) is 6.61 Å². The van der Waals surface area contributed by atoms with Gasteiger partial charge in [0.1, 0.15) is 5.75 Å². The molecule has 2 heterocycles. The third kappa shape index (κ3) is 4.24. The summed E-state index contributed by atoms with van der Waals surface area (Å²) in [6.45, 7) is 1.66. The van der Waals surface area contributed by atoms with Crippen LogP contribution in [-0.4, -0.2) is 43.3 Å². The monoisotopic (exact) mass is 394 g/mol. The highest BCUT2D eigenvalue weighted by Crippen LogP contribution is 2.21. The summed E-state index contributed by atoms with van der Waals surface area (Å²) >= 11 is 4.40. The van der Waals surface area contributed by atoms with Crippen LogP contribution in [0, 0.1) is 0 Å². The molecule has 1 aromatic carbocycles. The van der Waals surface area contributed by atoms with E-state index in [0.717, 1.165) is 5.56 Å². The molecule has 0 saturated heterocycles. The number of nitrogens with zero attached hydrogens (tertiary/aromatic N) is 4. The molecule has 0 amide bonds. The Morgan fingerprint density at radius 3 is 2.81 bits per heavy atom. The van der Waals surface area contributed by atoms with Gasteiger partial charge in [-0.05, 0) is 19.1 Å². The molecule has 3 aromatic rings. The molecule has 0 bridgehead atoms. The van der Waals surface area contributed by atoms with E-state index < -0.39 is 17.1 Å². The normalized spacial score (nSPS) is 12.1. The maximum atomic E-state index is 12.7. The van der Waals surface area contributed by atoms with Crippen molar-refractivity contribution < 1.29 is 18.8 Å². The van der Waals surface area contributed by atoms with Crippen LogP contribution in [0.5, 0.6) is 5.88 Å². The number of fused-ring (bicyclic) bond motifs is 1. The van der Waals surface area contributed by atoms with E-state index in [1.54, 1.807) is 37.4 Å². The van der Waals surface area contributed by atoms with Crippen LogP contribution in [-0.2, 0) is 26.5 Å². The first kappa shape index (κ1) is 18.4. The smallest absolute Gasteiger partial charge is 0.348 e. The number of halogens is 1. The number of rotatable bonds is 7. The zero-order valence-corrected chi connectivity index (χ0v) is 15.4. The second-order valence-corrected chi connectivity index (χ2v) is 6.90. The number of carbonyl (C=O) groups excluding carboxylic acids is 1. The van der Waals surface area contributed by atoms with Crippen molar-refractivity contribution >= 4 is 34.4 Å². The summed E-state index contributed by atoms with van der Waals surface area (Å²) in [6.07, 6.45) is 3.12. The molecule has 0 spiro atoms. The van der Waals surface area contributed by atoms with Crippen LogP contribution in [0.1, 0.15) is 12.5 Å². The van der Waals surface area contributed by atoms with Gasteiger partial charge in [-0.25, -0.2) is 14.2 Å². The van der Waals surface area contributed by atoms with Gasteiger partial charge >= 0.3 is 11.1 Å². The number of imidazole rings is 1. The van der Waals surface area contributed by atoms with Crippen molar-refractivity contribution in [1.29, 1.82) is 0 Å². The van der Waals surface area contributed by atoms with Crippen molar-refractivity contribution in [3.63, 3.8) is 0 Å². The lowest BCUT2D eigenvalue weighted by Crippen LogP contribution is -2.18. The molecule has 1 unspecified atom stereocenters. The van der Waals surface area contributed by atoms with Crippen LogP contribution >= 0.6 is 11.6 Å². The average molecular weight is 395 g/mol. The number of carbonyl (C=O) groups is 1. The summed E-state index contributed by atoms with van der Waals surface area (Å²) in [5.74, 6) is -0.202. The minimum atomic E-state index is -1.46. The molecule has 26 heavy (non-hydrogen) atoms. The third-order valence-corrected chi connectivity index (χ3v) is 4.84. The first-order valence-electron chi connectivity index (χ1n) is 7.69. The molecule has 3 rings (SSSR count). The Hall–Kier alpha value is -2.36. The molecule has 1 atom stereocenters. The van der Waals surface area contributed by atoms with Crippen molar-refractivity contribution in [2.75, 3.05) is 13.2 Å². The van der Waals surface area contributed by atoms with Crippen molar-refractivity contribution in [3.05, 3.63) is 47.2 Å². The number of benzene rings is 1. The molecule has 0 fully saturated rings. The van der Waals surface area contributed by atoms with Crippen LogP contribution in [0.3, 0.4) is 0 Å². The molecule has 0 N–H and O–H groups in total. The molecule has 0 saturated carbocycles. The molecule has 0 aliphatic heterocycles. The lowest BCUT2D eigenvalue weighted by Gasteiger charge is -2.11. The van der Waals surface area contributed by atoms with Gasteiger partial charge in [-0.15, -0.1) is 5.10 Å². The quantitative estimate of drug-likeness (QED) is 0.446. The number of aromatic nitrogens is 4. The van der Waals surface area contributed by atoms with E-state index in [2.05, 4.69) is 15.2 Å². The van der Waals surface area contributed by atoms with Crippen LogP contribution in [0.15, 0.2) is 41.8 Å². The van der Waals surface area contributed by atoms with Gasteiger partial charge in [-0.3, -0.25) is 0 Å². The van der Waals surface area contributed by atoms with Crippen LogP contribution in [0.2, 0.25) is 5.02 Å². The first-order chi connectivity index (χ1) is 12.6. The number of hydrogen-bond donors (Lipinski definition) is 0. The fraction of sp³-hybridized carbons (Fsp3) is 0.250. The molecule has 136 valence electrons. The summed E-state index contributed by atoms with van der Waals surface area (Å²) in [7, 11) is 0. The Balaban J connectivity index is 1.79. The molecule has 0 aliphatic carbocycles. The molecule has 0 aliphatic rings. The van der Waals surface area contributed by atoms with Crippen molar-refractivity contribution in [2.24, 2.45) is 0 Å². The van der Waals surface area contributed by atoms with E-state index >= 15 is 0 Å². The molecular formula is C16H15ClN4O4S. The fourth-order valence-corrected chi connectivity index (χ4v) is 3.42. The van der Waals surface area contributed by atoms with Crippen LogP contribution in [0.25, 0.3) is 5.65 Å². The maximum absolute atomic E-state index is 12.7. The highest BCUT2D eigenvalue weighted by atomic mass is 35.5. The van der Waals surface area contributed by atoms with Gasteiger partial charge in [-0.2, -0.15) is 0 Å².